The van der Waals surface area contributed by atoms with Gasteiger partial charge in [0.25, 0.3) is 5.56 Å². The monoisotopic (exact) mass is 622 g/mol. The number of aromatic nitrogens is 2. The second-order valence-electron chi connectivity index (χ2n) is 9.91. The number of carbonyl (C=O) groups excluding carboxylic acids is 1. The van der Waals surface area contributed by atoms with Crippen LogP contribution in [0, 0.1) is 0 Å². The van der Waals surface area contributed by atoms with E-state index in [-0.39, 0.29) is 23.2 Å². The molecular weight excluding hydrogens is 589 g/mol. The first kappa shape index (κ1) is 33.4. The predicted molar refractivity (Wildman–Crippen MR) is 160 cm³/mol. The molecule has 0 spiro atoms. The Bertz CT molecular complexity index is 1420. The smallest absolute Gasteiger partial charge is 0.475 e. The number of amides is 2. The van der Waals surface area contributed by atoms with Gasteiger partial charge in [-0.15, -0.1) is 0 Å². The van der Waals surface area contributed by atoms with E-state index in [9.17, 15) is 22.8 Å². The lowest BCUT2D eigenvalue weighted by Gasteiger charge is -2.23. The highest BCUT2D eigenvalue weighted by molar-refractivity contribution is 6.33. The normalized spacial score (nSPS) is 14.1. The molecule has 0 bridgehead atoms. The Balaban J connectivity index is 0.000000646. The molecule has 2 amide bonds. The predicted octanol–water partition coefficient (Wildman–Crippen LogP) is 5.54. The fourth-order valence-electron chi connectivity index (χ4n) is 4.17. The highest BCUT2D eigenvalue weighted by Crippen LogP contribution is 2.23. The summed E-state index contributed by atoms with van der Waals surface area (Å²) in [5.41, 5.74) is 3.88. The Labute approximate surface area is 251 Å². The van der Waals surface area contributed by atoms with Crippen molar-refractivity contribution in [2.75, 3.05) is 41.7 Å². The van der Waals surface area contributed by atoms with Crippen molar-refractivity contribution >= 4 is 40.7 Å². The number of carbonyl (C=O) groups is 2. The van der Waals surface area contributed by atoms with Gasteiger partial charge >= 0.3 is 18.2 Å². The first-order valence-electron chi connectivity index (χ1n) is 13.7. The number of benzene rings is 2. The van der Waals surface area contributed by atoms with Crippen molar-refractivity contribution in [3.05, 3.63) is 81.2 Å². The molecule has 1 aliphatic heterocycles. The molecule has 1 saturated heterocycles. The molecule has 2 heterocycles. The molecule has 14 heteroatoms. The maximum Gasteiger partial charge on any atom is 0.490 e. The van der Waals surface area contributed by atoms with Crippen LogP contribution < -0.4 is 26.4 Å². The Morgan fingerprint density at radius 2 is 1.63 bits per heavy atom. The molecule has 1 atom stereocenters. The van der Waals surface area contributed by atoms with Gasteiger partial charge in [0.15, 0.2) is 0 Å². The summed E-state index contributed by atoms with van der Waals surface area (Å²) >= 11 is 6.44. The Kier molecular flexibility index (Phi) is 12.0. The van der Waals surface area contributed by atoms with Gasteiger partial charge < -0.3 is 26.0 Å². The van der Waals surface area contributed by atoms with E-state index in [0.717, 1.165) is 50.3 Å². The quantitative estimate of drug-likeness (QED) is 0.273. The fraction of sp³-hybridized carbons (Fsp3) is 0.379. The van der Waals surface area contributed by atoms with Crippen LogP contribution in [0.15, 0.2) is 59.5 Å². The van der Waals surface area contributed by atoms with Crippen LogP contribution in [0.2, 0.25) is 5.02 Å². The summed E-state index contributed by atoms with van der Waals surface area (Å²) in [6, 6.07) is 14.9. The number of rotatable bonds is 7. The van der Waals surface area contributed by atoms with Gasteiger partial charge in [0.1, 0.15) is 5.02 Å². The number of alkyl halides is 3. The van der Waals surface area contributed by atoms with Crippen LogP contribution in [0.1, 0.15) is 43.7 Å². The zero-order valence-corrected chi connectivity index (χ0v) is 24.5. The van der Waals surface area contributed by atoms with Crippen molar-refractivity contribution < 1.29 is 27.9 Å². The van der Waals surface area contributed by atoms with Gasteiger partial charge in [0.05, 0.1) is 18.4 Å². The van der Waals surface area contributed by atoms with E-state index in [1.54, 1.807) is 18.3 Å². The molecule has 1 aromatic heterocycles. The molecule has 1 fully saturated rings. The highest BCUT2D eigenvalue weighted by atomic mass is 35.5. The summed E-state index contributed by atoms with van der Waals surface area (Å²) in [7, 11) is 0. The summed E-state index contributed by atoms with van der Waals surface area (Å²) < 4.78 is 33.1. The third-order valence-corrected chi connectivity index (χ3v) is 7.14. The van der Waals surface area contributed by atoms with Gasteiger partial charge in [0.2, 0.25) is 0 Å². The molecule has 2 aromatic carbocycles. The number of urea groups is 1. The van der Waals surface area contributed by atoms with Crippen molar-refractivity contribution in [2.24, 2.45) is 0 Å². The first-order valence-corrected chi connectivity index (χ1v) is 14.0. The minimum absolute atomic E-state index is 0.194. The topological polar surface area (TPSA) is 129 Å². The number of hydrogen-bond donors (Lipinski definition) is 4. The lowest BCUT2D eigenvalue weighted by molar-refractivity contribution is -0.192. The van der Waals surface area contributed by atoms with E-state index in [2.05, 4.69) is 39.8 Å². The second kappa shape index (κ2) is 15.4. The van der Waals surface area contributed by atoms with Crippen LogP contribution in [0.3, 0.4) is 0 Å². The number of aliphatic carboxylic acids is 1. The van der Waals surface area contributed by atoms with Crippen molar-refractivity contribution in [2.45, 2.75) is 45.3 Å². The maximum absolute atomic E-state index is 12.8. The lowest BCUT2D eigenvalue weighted by Crippen LogP contribution is -2.32. The average molecular weight is 623 g/mol. The van der Waals surface area contributed by atoms with Crippen LogP contribution in [-0.4, -0.2) is 59.2 Å². The number of nitrogens with zero attached hydrogens (tertiary/aromatic N) is 3. The average Bonchev–Trinajstić information content (AvgIpc) is 3.26. The van der Waals surface area contributed by atoms with E-state index in [4.69, 9.17) is 21.5 Å². The molecule has 232 valence electrons. The van der Waals surface area contributed by atoms with E-state index in [1.165, 1.54) is 10.2 Å². The molecule has 4 rings (SSSR count). The van der Waals surface area contributed by atoms with Crippen molar-refractivity contribution in [3.8, 4) is 0 Å². The largest absolute Gasteiger partial charge is 0.490 e. The molecule has 0 aliphatic carbocycles. The highest BCUT2D eigenvalue weighted by Gasteiger charge is 2.38. The van der Waals surface area contributed by atoms with Crippen LogP contribution >= 0.6 is 11.6 Å². The van der Waals surface area contributed by atoms with Gasteiger partial charge in [-0.1, -0.05) is 49.7 Å². The minimum Gasteiger partial charge on any atom is -0.475 e. The SMILES string of the molecule is CCC(C)c1ccc(NC(=O)Nc2ccc(Cn3ncc(N4CCCNCC4)c(Cl)c3=O)cc2)cc1.O=C(O)C(F)(F)F. The van der Waals surface area contributed by atoms with Gasteiger partial charge in [0, 0.05) is 31.0 Å². The molecule has 0 radical (unpaired) electrons. The number of carboxylic acids is 1. The standard InChI is InChI=1S/C27H33ClN6O2.C2HF3O2/c1-3-19(2)21-7-11-23(12-8-21)32-27(36)31-22-9-5-20(6-10-22)18-34-26(35)25(28)24(17-30-34)33-15-4-13-29-14-16-33;3-2(4,5)1(6)7/h5-12,17,19,29H,3-4,13-16,18H2,1-2H3,(H2,31,32,36);(H,6,7). The van der Waals surface area contributed by atoms with Crippen molar-refractivity contribution in [1.29, 1.82) is 0 Å². The van der Waals surface area contributed by atoms with Gasteiger partial charge in [-0.2, -0.15) is 18.3 Å². The molecule has 43 heavy (non-hydrogen) atoms. The molecule has 3 aromatic rings. The Morgan fingerprint density at radius 3 is 2.19 bits per heavy atom. The number of nitrogens with one attached hydrogen (secondary N) is 3. The molecule has 10 nitrogen and oxygen atoms in total. The van der Waals surface area contributed by atoms with Gasteiger partial charge in [-0.3, -0.25) is 4.79 Å². The van der Waals surface area contributed by atoms with Gasteiger partial charge in [-0.05, 0) is 60.7 Å². The number of hydrogen-bond acceptors (Lipinski definition) is 6. The minimum atomic E-state index is -5.08. The number of carboxylic acid groups (broad SMARTS) is 1. The summed E-state index contributed by atoms with van der Waals surface area (Å²) in [6.07, 6.45) is -1.35. The third-order valence-electron chi connectivity index (χ3n) is 6.78. The van der Waals surface area contributed by atoms with E-state index in [1.807, 2.05) is 36.4 Å². The van der Waals surface area contributed by atoms with Crippen LogP contribution in [0.4, 0.5) is 35.0 Å². The van der Waals surface area contributed by atoms with Crippen LogP contribution in [-0.2, 0) is 11.3 Å². The zero-order chi connectivity index (χ0) is 31.6. The molecule has 0 saturated carbocycles. The fourth-order valence-corrected chi connectivity index (χ4v) is 4.43. The Morgan fingerprint density at radius 1 is 1.05 bits per heavy atom. The molecule has 4 N–H and O–H groups in total. The lowest BCUT2D eigenvalue weighted by atomic mass is 9.99. The van der Waals surface area contributed by atoms with Crippen LogP contribution in [0.25, 0.3) is 0 Å². The summed E-state index contributed by atoms with van der Waals surface area (Å²) in [5.74, 6) is -2.27. The molecule has 1 aliphatic rings. The number of anilines is 3. The summed E-state index contributed by atoms with van der Waals surface area (Å²) in [4.78, 5) is 36.2. The first-order chi connectivity index (χ1) is 20.4. The van der Waals surface area contributed by atoms with E-state index < -0.39 is 12.1 Å². The van der Waals surface area contributed by atoms with Crippen molar-refractivity contribution in [3.63, 3.8) is 0 Å². The van der Waals surface area contributed by atoms with Crippen LogP contribution in [0.5, 0.6) is 0 Å². The third kappa shape index (κ3) is 10.00. The summed E-state index contributed by atoms with van der Waals surface area (Å²) in [6.45, 7) is 8.06. The second-order valence-corrected chi connectivity index (χ2v) is 10.3. The van der Waals surface area contributed by atoms with Crippen molar-refractivity contribution in [1.82, 2.24) is 15.1 Å². The number of halogens is 4. The molecular formula is C29H34ClF3N6O4. The summed E-state index contributed by atoms with van der Waals surface area (Å²) in [5, 5.41) is 20.7. The molecule has 1 unspecified atom stereocenters. The zero-order valence-electron chi connectivity index (χ0n) is 23.7. The Hall–Kier alpha value is -4.10. The van der Waals surface area contributed by atoms with E-state index >= 15 is 0 Å². The van der Waals surface area contributed by atoms with Gasteiger partial charge in [-0.25, -0.2) is 14.3 Å². The maximum atomic E-state index is 12.8. The van der Waals surface area contributed by atoms with E-state index in [0.29, 0.717) is 17.3 Å².